The number of hydrogen-bond donors (Lipinski definition) is 1. The molecular weight excluding hydrogens is 370 g/mol. The molecule has 2 aliphatic rings. The highest BCUT2D eigenvalue weighted by Crippen LogP contribution is 2.45. The molecule has 1 aromatic heterocycles. The molecule has 2 aromatic rings. The first kappa shape index (κ1) is 19.1. The number of carbonyl (C=O) groups is 2. The van der Waals surface area contributed by atoms with E-state index in [0.717, 1.165) is 34.7 Å². The van der Waals surface area contributed by atoms with Gasteiger partial charge in [-0.3, -0.25) is 9.59 Å². The van der Waals surface area contributed by atoms with Crippen molar-refractivity contribution in [3.05, 3.63) is 40.5 Å². The molecule has 28 heavy (non-hydrogen) atoms. The molecule has 1 aliphatic heterocycles. The van der Waals surface area contributed by atoms with Gasteiger partial charge in [0, 0.05) is 6.54 Å². The van der Waals surface area contributed by atoms with Crippen LogP contribution in [0, 0.1) is 24.7 Å². The number of nitrogens with zero attached hydrogens (tertiary/aromatic N) is 2. The van der Waals surface area contributed by atoms with E-state index in [0.29, 0.717) is 24.1 Å². The molecule has 4 rings (SSSR count). The SMILES string of the molecule is CCc1ccc(-c2sc(C)nc2C(=O)N2CC3CC(C)CC3C2C(N)=O)cc1. The average Bonchev–Trinajstić information content (AvgIpc) is 3.32. The van der Waals surface area contributed by atoms with Crippen LogP contribution in [0.25, 0.3) is 10.4 Å². The maximum atomic E-state index is 13.5. The Morgan fingerprint density at radius 2 is 1.96 bits per heavy atom. The van der Waals surface area contributed by atoms with Gasteiger partial charge in [0.1, 0.15) is 11.7 Å². The van der Waals surface area contributed by atoms with Crippen molar-refractivity contribution in [2.75, 3.05) is 6.54 Å². The molecule has 2 N–H and O–H groups in total. The minimum atomic E-state index is -0.514. The largest absolute Gasteiger partial charge is 0.368 e. The van der Waals surface area contributed by atoms with Gasteiger partial charge in [0.05, 0.1) is 9.88 Å². The Morgan fingerprint density at radius 1 is 1.25 bits per heavy atom. The minimum Gasteiger partial charge on any atom is -0.368 e. The second kappa shape index (κ2) is 7.32. The molecule has 0 spiro atoms. The molecule has 2 amide bonds. The molecular formula is C22H27N3O2S. The molecule has 148 valence electrons. The van der Waals surface area contributed by atoms with Crippen molar-refractivity contribution in [1.82, 2.24) is 9.88 Å². The monoisotopic (exact) mass is 397 g/mol. The van der Waals surface area contributed by atoms with Crippen LogP contribution in [0.15, 0.2) is 24.3 Å². The van der Waals surface area contributed by atoms with Gasteiger partial charge in [-0.2, -0.15) is 0 Å². The number of carbonyl (C=O) groups excluding carboxylic acids is 2. The Kier molecular flexibility index (Phi) is 5.00. The maximum absolute atomic E-state index is 13.5. The lowest BCUT2D eigenvalue weighted by molar-refractivity contribution is -0.122. The summed E-state index contributed by atoms with van der Waals surface area (Å²) in [6, 6.07) is 7.77. The van der Waals surface area contributed by atoms with Crippen LogP contribution in [-0.2, 0) is 11.2 Å². The van der Waals surface area contributed by atoms with E-state index in [4.69, 9.17) is 5.73 Å². The molecule has 2 fully saturated rings. The van der Waals surface area contributed by atoms with Crippen LogP contribution >= 0.6 is 11.3 Å². The first-order valence-electron chi connectivity index (χ1n) is 10.1. The van der Waals surface area contributed by atoms with Crippen molar-refractivity contribution >= 4 is 23.2 Å². The highest BCUT2D eigenvalue weighted by Gasteiger charge is 2.51. The first-order valence-corrected chi connectivity index (χ1v) is 10.9. The lowest BCUT2D eigenvalue weighted by Crippen LogP contribution is -2.46. The number of amides is 2. The minimum absolute atomic E-state index is 0.162. The Labute approximate surface area is 170 Å². The van der Waals surface area contributed by atoms with Crippen LogP contribution < -0.4 is 5.73 Å². The van der Waals surface area contributed by atoms with Gasteiger partial charge in [-0.15, -0.1) is 11.3 Å². The van der Waals surface area contributed by atoms with Crippen LogP contribution in [0.2, 0.25) is 0 Å². The number of nitrogens with two attached hydrogens (primary N) is 1. The van der Waals surface area contributed by atoms with Gasteiger partial charge in [-0.05, 0) is 55.1 Å². The van der Waals surface area contributed by atoms with Crippen molar-refractivity contribution in [3.63, 3.8) is 0 Å². The number of fused-ring (bicyclic) bond motifs is 1. The lowest BCUT2D eigenvalue weighted by Gasteiger charge is -2.25. The molecule has 0 radical (unpaired) electrons. The van der Waals surface area contributed by atoms with Crippen molar-refractivity contribution in [1.29, 1.82) is 0 Å². The summed E-state index contributed by atoms with van der Waals surface area (Å²) in [6.45, 7) is 6.85. The molecule has 4 unspecified atom stereocenters. The number of aryl methyl sites for hydroxylation is 2. The third-order valence-electron chi connectivity index (χ3n) is 6.27. The van der Waals surface area contributed by atoms with E-state index in [2.05, 4.69) is 43.1 Å². The molecule has 1 aliphatic carbocycles. The van der Waals surface area contributed by atoms with Gasteiger partial charge >= 0.3 is 0 Å². The van der Waals surface area contributed by atoms with Gasteiger partial charge in [-0.25, -0.2) is 4.98 Å². The van der Waals surface area contributed by atoms with E-state index in [1.54, 1.807) is 4.90 Å². The summed E-state index contributed by atoms with van der Waals surface area (Å²) >= 11 is 1.52. The van der Waals surface area contributed by atoms with Crippen LogP contribution in [0.5, 0.6) is 0 Å². The summed E-state index contributed by atoms with van der Waals surface area (Å²) < 4.78 is 0. The lowest BCUT2D eigenvalue weighted by atomic mass is 9.93. The molecule has 1 saturated heterocycles. The summed E-state index contributed by atoms with van der Waals surface area (Å²) in [5, 5.41) is 0.849. The van der Waals surface area contributed by atoms with E-state index < -0.39 is 11.9 Å². The summed E-state index contributed by atoms with van der Waals surface area (Å²) in [7, 11) is 0. The Bertz CT molecular complexity index is 905. The second-order valence-corrected chi connectivity index (χ2v) is 9.47. The first-order chi connectivity index (χ1) is 13.4. The smallest absolute Gasteiger partial charge is 0.274 e. The predicted molar refractivity (Wildman–Crippen MR) is 111 cm³/mol. The fourth-order valence-electron chi connectivity index (χ4n) is 5.01. The summed E-state index contributed by atoms with van der Waals surface area (Å²) in [6.07, 6.45) is 2.99. The number of hydrogen-bond acceptors (Lipinski definition) is 4. The number of primary amides is 1. The third kappa shape index (κ3) is 3.24. The van der Waals surface area contributed by atoms with Crippen molar-refractivity contribution in [2.24, 2.45) is 23.5 Å². The van der Waals surface area contributed by atoms with E-state index >= 15 is 0 Å². The predicted octanol–water partition coefficient (Wildman–Crippen LogP) is 3.65. The van der Waals surface area contributed by atoms with Gasteiger partial charge in [0.25, 0.3) is 5.91 Å². The topological polar surface area (TPSA) is 76.3 Å². The Hall–Kier alpha value is -2.21. The number of rotatable bonds is 4. The van der Waals surface area contributed by atoms with Crippen LogP contribution in [0.3, 0.4) is 0 Å². The van der Waals surface area contributed by atoms with Crippen molar-refractivity contribution in [2.45, 2.75) is 46.1 Å². The quantitative estimate of drug-likeness (QED) is 0.855. The fourth-order valence-corrected chi connectivity index (χ4v) is 5.92. The number of aromatic nitrogens is 1. The fraction of sp³-hybridized carbons (Fsp3) is 0.500. The normalized spacial score (nSPS) is 26.5. The van der Waals surface area contributed by atoms with Gasteiger partial charge < -0.3 is 10.6 Å². The Morgan fingerprint density at radius 3 is 2.61 bits per heavy atom. The molecule has 1 saturated carbocycles. The van der Waals surface area contributed by atoms with Gasteiger partial charge in [-0.1, -0.05) is 38.1 Å². The summed E-state index contributed by atoms with van der Waals surface area (Å²) in [5.74, 6) is 0.579. The molecule has 4 atom stereocenters. The zero-order valence-corrected chi connectivity index (χ0v) is 17.5. The van der Waals surface area contributed by atoms with Gasteiger partial charge in [0.2, 0.25) is 5.91 Å². The molecule has 2 heterocycles. The Balaban J connectivity index is 1.67. The van der Waals surface area contributed by atoms with Crippen LogP contribution in [0.4, 0.5) is 0 Å². The average molecular weight is 398 g/mol. The zero-order chi connectivity index (χ0) is 20.0. The zero-order valence-electron chi connectivity index (χ0n) is 16.6. The molecule has 1 aromatic carbocycles. The highest BCUT2D eigenvalue weighted by molar-refractivity contribution is 7.15. The van der Waals surface area contributed by atoms with Crippen LogP contribution in [0.1, 0.15) is 47.7 Å². The standard InChI is InChI=1S/C22H27N3O2S/c1-4-14-5-7-15(8-6-14)20-18(24-13(3)28-20)22(27)25-11-16-9-12(2)10-17(16)19(25)21(23)26/h5-8,12,16-17,19H,4,9-11H2,1-3H3,(H2,23,26). The second-order valence-electron chi connectivity index (χ2n) is 8.27. The third-order valence-corrected chi connectivity index (χ3v) is 7.29. The molecule has 5 nitrogen and oxygen atoms in total. The van der Waals surface area contributed by atoms with Crippen molar-refractivity contribution < 1.29 is 9.59 Å². The number of benzene rings is 1. The van der Waals surface area contributed by atoms with Gasteiger partial charge in [0.15, 0.2) is 0 Å². The molecule has 0 bridgehead atoms. The van der Waals surface area contributed by atoms with Crippen LogP contribution in [-0.4, -0.2) is 34.3 Å². The summed E-state index contributed by atoms with van der Waals surface area (Å²) in [4.78, 5) is 32.8. The van der Waals surface area contributed by atoms with E-state index in [1.807, 2.05) is 6.92 Å². The van der Waals surface area contributed by atoms with E-state index in [1.165, 1.54) is 16.9 Å². The number of likely N-dealkylation sites (tertiary alicyclic amines) is 1. The van der Waals surface area contributed by atoms with E-state index in [-0.39, 0.29) is 11.8 Å². The summed E-state index contributed by atoms with van der Waals surface area (Å²) in [5.41, 5.74) is 8.44. The molecule has 6 heteroatoms. The van der Waals surface area contributed by atoms with Crippen molar-refractivity contribution in [3.8, 4) is 10.4 Å². The number of thiazole rings is 1. The maximum Gasteiger partial charge on any atom is 0.274 e. The highest BCUT2D eigenvalue weighted by atomic mass is 32.1. The van der Waals surface area contributed by atoms with E-state index in [9.17, 15) is 9.59 Å².